The van der Waals surface area contributed by atoms with E-state index in [0.29, 0.717) is 13.2 Å². The lowest BCUT2D eigenvalue weighted by Crippen LogP contribution is -2.29. The summed E-state index contributed by atoms with van der Waals surface area (Å²) >= 11 is 5.20. The van der Waals surface area contributed by atoms with Gasteiger partial charge in [-0.05, 0) is 34.5 Å². The standard InChI is InChI=1S/C10H16BrNO2S/c1-7-3-9(15-10(7)11)5-12-4-8(13)6-14-2/h3,8,12-13H,4-6H2,1-2H3. The second-order valence-electron chi connectivity index (χ2n) is 3.41. The highest BCUT2D eigenvalue weighted by atomic mass is 79.9. The van der Waals surface area contributed by atoms with Gasteiger partial charge in [-0.2, -0.15) is 0 Å². The maximum Gasteiger partial charge on any atom is 0.0897 e. The molecule has 86 valence electrons. The van der Waals surface area contributed by atoms with Crippen LogP contribution in [-0.4, -0.2) is 31.5 Å². The van der Waals surface area contributed by atoms with Gasteiger partial charge in [0.25, 0.3) is 0 Å². The van der Waals surface area contributed by atoms with Gasteiger partial charge in [-0.15, -0.1) is 11.3 Å². The number of thiophene rings is 1. The lowest BCUT2D eigenvalue weighted by Gasteiger charge is -2.09. The van der Waals surface area contributed by atoms with Gasteiger partial charge in [-0.3, -0.25) is 0 Å². The second kappa shape index (κ2) is 6.60. The summed E-state index contributed by atoms with van der Waals surface area (Å²) in [5.41, 5.74) is 1.26. The maximum absolute atomic E-state index is 9.39. The quantitative estimate of drug-likeness (QED) is 0.842. The van der Waals surface area contributed by atoms with E-state index in [4.69, 9.17) is 4.74 Å². The Morgan fingerprint density at radius 2 is 2.40 bits per heavy atom. The Kier molecular flexibility index (Phi) is 5.78. The van der Waals surface area contributed by atoms with Crippen molar-refractivity contribution in [2.75, 3.05) is 20.3 Å². The fourth-order valence-electron chi connectivity index (χ4n) is 1.22. The van der Waals surface area contributed by atoms with Gasteiger partial charge in [0.15, 0.2) is 0 Å². The molecule has 1 heterocycles. The zero-order valence-electron chi connectivity index (χ0n) is 8.92. The normalized spacial score (nSPS) is 13.1. The highest BCUT2D eigenvalue weighted by Crippen LogP contribution is 2.26. The van der Waals surface area contributed by atoms with E-state index in [-0.39, 0.29) is 0 Å². The van der Waals surface area contributed by atoms with Crippen LogP contribution in [0.4, 0.5) is 0 Å². The number of halogens is 1. The molecule has 1 rings (SSSR count). The summed E-state index contributed by atoms with van der Waals surface area (Å²) in [6, 6.07) is 2.14. The summed E-state index contributed by atoms with van der Waals surface area (Å²) in [4.78, 5) is 1.27. The molecule has 0 aliphatic rings. The molecule has 1 aromatic heterocycles. The van der Waals surface area contributed by atoms with Crippen molar-refractivity contribution in [3.05, 3.63) is 20.3 Å². The second-order valence-corrected chi connectivity index (χ2v) is 5.86. The molecular weight excluding hydrogens is 278 g/mol. The van der Waals surface area contributed by atoms with Gasteiger partial charge >= 0.3 is 0 Å². The minimum Gasteiger partial charge on any atom is -0.389 e. The first-order valence-electron chi connectivity index (χ1n) is 4.76. The molecule has 0 aliphatic carbocycles. The molecule has 1 unspecified atom stereocenters. The lowest BCUT2D eigenvalue weighted by atomic mass is 10.3. The van der Waals surface area contributed by atoms with Crippen LogP contribution in [0.2, 0.25) is 0 Å². The summed E-state index contributed by atoms with van der Waals surface area (Å²) < 4.78 is 6.01. The van der Waals surface area contributed by atoms with E-state index in [9.17, 15) is 5.11 Å². The SMILES string of the molecule is COCC(O)CNCc1cc(C)c(Br)s1. The van der Waals surface area contributed by atoms with E-state index in [2.05, 4.69) is 34.2 Å². The Morgan fingerprint density at radius 3 is 2.93 bits per heavy atom. The zero-order valence-corrected chi connectivity index (χ0v) is 11.3. The molecule has 0 bridgehead atoms. The van der Waals surface area contributed by atoms with E-state index >= 15 is 0 Å². The Morgan fingerprint density at radius 1 is 1.67 bits per heavy atom. The van der Waals surface area contributed by atoms with Crippen molar-refractivity contribution in [3.63, 3.8) is 0 Å². The van der Waals surface area contributed by atoms with E-state index in [0.717, 1.165) is 6.54 Å². The molecular formula is C10H16BrNO2S. The van der Waals surface area contributed by atoms with Crippen LogP contribution in [0, 0.1) is 6.92 Å². The molecule has 1 aromatic rings. The van der Waals surface area contributed by atoms with Crippen LogP contribution >= 0.6 is 27.3 Å². The highest BCUT2D eigenvalue weighted by Gasteiger charge is 2.05. The molecule has 0 spiro atoms. The summed E-state index contributed by atoms with van der Waals surface area (Å²) in [6.45, 7) is 3.80. The summed E-state index contributed by atoms with van der Waals surface area (Å²) in [5, 5.41) is 12.6. The van der Waals surface area contributed by atoms with Crippen molar-refractivity contribution >= 4 is 27.3 Å². The third kappa shape index (κ3) is 4.61. The highest BCUT2D eigenvalue weighted by molar-refractivity contribution is 9.11. The molecule has 0 saturated heterocycles. The lowest BCUT2D eigenvalue weighted by molar-refractivity contribution is 0.0644. The molecule has 15 heavy (non-hydrogen) atoms. The molecule has 1 atom stereocenters. The van der Waals surface area contributed by atoms with E-state index < -0.39 is 6.10 Å². The largest absolute Gasteiger partial charge is 0.389 e. The number of hydrogen-bond acceptors (Lipinski definition) is 4. The Bertz CT molecular complexity index is 284. The first-order valence-corrected chi connectivity index (χ1v) is 6.37. The number of ether oxygens (including phenoxy) is 1. The van der Waals surface area contributed by atoms with Crippen molar-refractivity contribution in [3.8, 4) is 0 Å². The fourth-order valence-corrected chi connectivity index (χ4v) is 2.82. The third-order valence-electron chi connectivity index (χ3n) is 1.95. The van der Waals surface area contributed by atoms with Crippen LogP contribution in [0.15, 0.2) is 9.85 Å². The zero-order chi connectivity index (χ0) is 11.3. The predicted molar refractivity (Wildman–Crippen MR) is 66.3 cm³/mol. The van der Waals surface area contributed by atoms with Crippen LogP contribution in [-0.2, 0) is 11.3 Å². The molecule has 2 N–H and O–H groups in total. The van der Waals surface area contributed by atoms with E-state index in [1.807, 2.05) is 0 Å². The molecule has 3 nitrogen and oxygen atoms in total. The average molecular weight is 294 g/mol. The third-order valence-corrected chi connectivity index (χ3v) is 4.08. The van der Waals surface area contributed by atoms with Gasteiger partial charge in [-0.25, -0.2) is 0 Å². The number of aliphatic hydroxyl groups excluding tert-OH is 1. The van der Waals surface area contributed by atoms with Crippen LogP contribution in [0.5, 0.6) is 0 Å². The average Bonchev–Trinajstić information content (AvgIpc) is 2.46. The monoisotopic (exact) mass is 293 g/mol. The van der Waals surface area contributed by atoms with Crippen molar-refractivity contribution in [2.45, 2.75) is 19.6 Å². The predicted octanol–water partition coefficient (Wildman–Crippen LogP) is 1.92. The maximum atomic E-state index is 9.39. The van der Waals surface area contributed by atoms with Gasteiger partial charge in [0.2, 0.25) is 0 Å². The minimum absolute atomic E-state index is 0.375. The topological polar surface area (TPSA) is 41.5 Å². The number of hydrogen-bond donors (Lipinski definition) is 2. The molecule has 0 aliphatic heterocycles. The first kappa shape index (κ1) is 13.1. The molecule has 0 fully saturated rings. The number of aryl methyl sites for hydroxylation is 1. The van der Waals surface area contributed by atoms with Crippen LogP contribution in [0.1, 0.15) is 10.4 Å². The van der Waals surface area contributed by atoms with Crippen LogP contribution in [0.25, 0.3) is 0 Å². The van der Waals surface area contributed by atoms with Crippen molar-refractivity contribution in [2.24, 2.45) is 0 Å². The Hall–Kier alpha value is 0.0600. The minimum atomic E-state index is -0.431. The number of aliphatic hydroxyl groups is 1. The van der Waals surface area contributed by atoms with Crippen molar-refractivity contribution in [1.29, 1.82) is 0 Å². The van der Waals surface area contributed by atoms with Crippen molar-refractivity contribution < 1.29 is 9.84 Å². The first-order chi connectivity index (χ1) is 7.13. The van der Waals surface area contributed by atoms with E-state index in [1.54, 1.807) is 18.4 Å². The molecule has 0 aromatic carbocycles. The number of rotatable bonds is 6. The molecule has 0 amide bonds. The molecule has 0 saturated carbocycles. The summed E-state index contributed by atoms with van der Waals surface area (Å²) in [5.74, 6) is 0. The molecule has 5 heteroatoms. The Balaban J connectivity index is 2.25. The summed E-state index contributed by atoms with van der Waals surface area (Å²) in [7, 11) is 1.59. The summed E-state index contributed by atoms with van der Waals surface area (Å²) in [6.07, 6.45) is -0.431. The van der Waals surface area contributed by atoms with Gasteiger partial charge < -0.3 is 15.2 Å². The number of nitrogens with one attached hydrogen (secondary N) is 1. The fraction of sp³-hybridized carbons (Fsp3) is 0.600. The number of methoxy groups -OCH3 is 1. The van der Waals surface area contributed by atoms with Gasteiger partial charge in [0, 0.05) is 25.1 Å². The van der Waals surface area contributed by atoms with E-state index in [1.165, 1.54) is 14.2 Å². The van der Waals surface area contributed by atoms with Gasteiger partial charge in [-0.1, -0.05) is 0 Å². The van der Waals surface area contributed by atoms with Gasteiger partial charge in [0.05, 0.1) is 16.5 Å². The van der Waals surface area contributed by atoms with Crippen molar-refractivity contribution in [1.82, 2.24) is 5.32 Å². The Labute approximate surface area is 103 Å². The smallest absolute Gasteiger partial charge is 0.0897 e. The van der Waals surface area contributed by atoms with Crippen LogP contribution < -0.4 is 5.32 Å². The van der Waals surface area contributed by atoms with Gasteiger partial charge in [0.1, 0.15) is 0 Å². The van der Waals surface area contributed by atoms with Crippen LogP contribution in [0.3, 0.4) is 0 Å². The molecule has 0 radical (unpaired) electrons.